The minimum absolute atomic E-state index is 0.0855. The summed E-state index contributed by atoms with van der Waals surface area (Å²) in [6, 6.07) is 6.31. The molecule has 5 nitrogen and oxygen atoms in total. The molecule has 0 bridgehead atoms. The van der Waals surface area contributed by atoms with Gasteiger partial charge in [0, 0.05) is 6.61 Å². The van der Waals surface area contributed by atoms with Gasteiger partial charge in [0.2, 0.25) is 5.82 Å². The van der Waals surface area contributed by atoms with Crippen molar-refractivity contribution in [1.29, 1.82) is 0 Å². The van der Waals surface area contributed by atoms with E-state index in [0.717, 1.165) is 9.88 Å². The summed E-state index contributed by atoms with van der Waals surface area (Å²) in [7, 11) is 0. The van der Waals surface area contributed by atoms with E-state index in [-0.39, 0.29) is 17.7 Å². The van der Waals surface area contributed by atoms with E-state index in [4.69, 9.17) is 9.26 Å². The van der Waals surface area contributed by atoms with Crippen molar-refractivity contribution in [3.8, 4) is 22.2 Å². The van der Waals surface area contributed by atoms with Crippen molar-refractivity contribution in [2.24, 2.45) is 0 Å². The van der Waals surface area contributed by atoms with Crippen LogP contribution in [0.5, 0.6) is 0 Å². The zero-order valence-corrected chi connectivity index (χ0v) is 12.9. The SMILES string of the molecule is CCO[C@@H](C)c1ncc(-c2nc(-c3ccccc3F)no2)s1. The van der Waals surface area contributed by atoms with Crippen LogP contribution in [0.3, 0.4) is 0 Å². The zero-order valence-electron chi connectivity index (χ0n) is 12.1. The van der Waals surface area contributed by atoms with E-state index in [2.05, 4.69) is 15.1 Å². The molecule has 0 aliphatic carbocycles. The van der Waals surface area contributed by atoms with E-state index in [1.807, 2.05) is 13.8 Å². The summed E-state index contributed by atoms with van der Waals surface area (Å²) < 4.78 is 24.4. The van der Waals surface area contributed by atoms with Gasteiger partial charge in [-0.1, -0.05) is 17.3 Å². The van der Waals surface area contributed by atoms with E-state index in [1.165, 1.54) is 17.4 Å². The van der Waals surface area contributed by atoms with Gasteiger partial charge < -0.3 is 9.26 Å². The van der Waals surface area contributed by atoms with Gasteiger partial charge in [0.25, 0.3) is 5.89 Å². The highest BCUT2D eigenvalue weighted by Crippen LogP contribution is 2.31. The minimum atomic E-state index is -0.384. The van der Waals surface area contributed by atoms with E-state index < -0.39 is 0 Å². The molecule has 0 radical (unpaired) electrons. The second-order valence-corrected chi connectivity index (χ2v) is 5.63. The maximum atomic E-state index is 13.7. The summed E-state index contributed by atoms with van der Waals surface area (Å²) in [5, 5.41) is 4.67. The average molecular weight is 319 g/mol. The summed E-state index contributed by atoms with van der Waals surface area (Å²) >= 11 is 1.42. The molecule has 1 aromatic carbocycles. The third-order valence-corrected chi connectivity index (χ3v) is 4.19. The van der Waals surface area contributed by atoms with Gasteiger partial charge in [-0.15, -0.1) is 11.3 Å². The number of halogens is 1. The molecule has 0 fully saturated rings. The number of nitrogens with zero attached hydrogens (tertiary/aromatic N) is 3. The van der Waals surface area contributed by atoms with Crippen LogP contribution in [0.15, 0.2) is 35.0 Å². The van der Waals surface area contributed by atoms with E-state index >= 15 is 0 Å². The van der Waals surface area contributed by atoms with Crippen LogP contribution in [0, 0.1) is 5.82 Å². The Labute approximate surface area is 130 Å². The highest BCUT2D eigenvalue weighted by molar-refractivity contribution is 7.15. The molecule has 3 rings (SSSR count). The molecule has 0 saturated heterocycles. The summed E-state index contributed by atoms with van der Waals surface area (Å²) in [5.41, 5.74) is 0.310. The van der Waals surface area contributed by atoms with Crippen LogP contribution in [-0.2, 0) is 4.74 Å². The first kappa shape index (κ1) is 14.8. The fourth-order valence-electron chi connectivity index (χ4n) is 1.97. The van der Waals surface area contributed by atoms with Crippen LogP contribution >= 0.6 is 11.3 Å². The van der Waals surface area contributed by atoms with Gasteiger partial charge in [0.1, 0.15) is 21.8 Å². The van der Waals surface area contributed by atoms with E-state index in [0.29, 0.717) is 18.1 Å². The Morgan fingerprint density at radius 2 is 2.18 bits per heavy atom. The van der Waals surface area contributed by atoms with Crippen molar-refractivity contribution < 1.29 is 13.7 Å². The highest BCUT2D eigenvalue weighted by Gasteiger charge is 2.17. The van der Waals surface area contributed by atoms with Crippen molar-refractivity contribution in [3.63, 3.8) is 0 Å². The third-order valence-electron chi connectivity index (χ3n) is 3.04. The summed E-state index contributed by atoms with van der Waals surface area (Å²) in [4.78, 5) is 9.28. The van der Waals surface area contributed by atoms with E-state index in [1.54, 1.807) is 24.4 Å². The molecule has 2 aromatic heterocycles. The van der Waals surface area contributed by atoms with Crippen molar-refractivity contribution >= 4 is 11.3 Å². The van der Waals surface area contributed by atoms with Crippen molar-refractivity contribution in [1.82, 2.24) is 15.1 Å². The van der Waals surface area contributed by atoms with E-state index in [9.17, 15) is 4.39 Å². The van der Waals surface area contributed by atoms with Gasteiger partial charge in [-0.25, -0.2) is 9.37 Å². The quantitative estimate of drug-likeness (QED) is 0.708. The lowest BCUT2D eigenvalue weighted by Crippen LogP contribution is -1.97. The predicted octanol–water partition coefficient (Wildman–Crippen LogP) is 4.10. The maximum absolute atomic E-state index is 13.7. The number of hydrogen-bond donors (Lipinski definition) is 0. The lowest BCUT2D eigenvalue weighted by Gasteiger charge is -2.06. The van der Waals surface area contributed by atoms with Gasteiger partial charge in [-0.2, -0.15) is 4.98 Å². The minimum Gasteiger partial charge on any atom is -0.372 e. The fourth-order valence-corrected chi connectivity index (χ4v) is 2.81. The first-order valence-corrected chi connectivity index (χ1v) is 7.67. The van der Waals surface area contributed by atoms with Gasteiger partial charge in [0.05, 0.1) is 11.8 Å². The summed E-state index contributed by atoms with van der Waals surface area (Å²) in [5.74, 6) is 0.163. The van der Waals surface area contributed by atoms with Gasteiger partial charge in [-0.3, -0.25) is 0 Å². The molecule has 1 atom stereocenters. The van der Waals surface area contributed by atoms with Crippen LogP contribution in [0.1, 0.15) is 25.0 Å². The molecule has 0 unspecified atom stereocenters. The maximum Gasteiger partial charge on any atom is 0.269 e. The molecular formula is C15H14FN3O2S. The molecule has 0 amide bonds. The number of aromatic nitrogens is 3. The lowest BCUT2D eigenvalue weighted by atomic mass is 10.2. The van der Waals surface area contributed by atoms with Crippen LogP contribution in [-0.4, -0.2) is 21.7 Å². The van der Waals surface area contributed by atoms with Gasteiger partial charge >= 0.3 is 0 Å². The van der Waals surface area contributed by atoms with Crippen LogP contribution in [0.25, 0.3) is 22.2 Å². The Hall–Kier alpha value is -2.12. The molecule has 3 aromatic rings. The molecule has 0 spiro atoms. The fraction of sp³-hybridized carbons (Fsp3) is 0.267. The topological polar surface area (TPSA) is 61.0 Å². The second kappa shape index (κ2) is 6.33. The van der Waals surface area contributed by atoms with Crippen molar-refractivity contribution in [3.05, 3.63) is 41.3 Å². The predicted molar refractivity (Wildman–Crippen MR) is 80.8 cm³/mol. The molecule has 0 saturated carbocycles. The number of rotatable bonds is 5. The number of benzene rings is 1. The second-order valence-electron chi connectivity index (χ2n) is 4.56. The normalized spacial score (nSPS) is 12.5. The summed E-state index contributed by atoms with van der Waals surface area (Å²) in [6.07, 6.45) is 1.58. The monoisotopic (exact) mass is 319 g/mol. The van der Waals surface area contributed by atoms with Gasteiger partial charge in [-0.05, 0) is 26.0 Å². The first-order valence-electron chi connectivity index (χ1n) is 6.85. The molecule has 114 valence electrons. The molecule has 0 aliphatic rings. The number of ether oxygens (including phenoxy) is 1. The number of thiazole rings is 1. The highest BCUT2D eigenvalue weighted by atomic mass is 32.1. The molecule has 2 heterocycles. The molecule has 0 aliphatic heterocycles. The molecule has 7 heteroatoms. The Kier molecular flexibility index (Phi) is 4.26. The smallest absolute Gasteiger partial charge is 0.269 e. The Morgan fingerprint density at radius 1 is 1.36 bits per heavy atom. The first-order chi connectivity index (χ1) is 10.7. The molecule has 22 heavy (non-hydrogen) atoms. The van der Waals surface area contributed by atoms with Crippen molar-refractivity contribution in [2.45, 2.75) is 20.0 Å². The van der Waals surface area contributed by atoms with Crippen LogP contribution < -0.4 is 0 Å². The van der Waals surface area contributed by atoms with Crippen LogP contribution in [0.4, 0.5) is 4.39 Å². The standard InChI is InChI=1S/C15H14FN3O2S/c1-3-20-9(2)15-17-8-12(22-15)14-18-13(19-21-14)10-6-4-5-7-11(10)16/h4-9H,3H2,1-2H3/t9-/m0/s1. The third kappa shape index (κ3) is 2.90. The van der Waals surface area contributed by atoms with Gasteiger partial charge in [0.15, 0.2) is 0 Å². The largest absolute Gasteiger partial charge is 0.372 e. The lowest BCUT2D eigenvalue weighted by molar-refractivity contribution is 0.0762. The summed E-state index contributed by atoms with van der Waals surface area (Å²) in [6.45, 7) is 4.49. The van der Waals surface area contributed by atoms with Crippen molar-refractivity contribution in [2.75, 3.05) is 6.61 Å². The molecule has 0 N–H and O–H groups in total. The van der Waals surface area contributed by atoms with Crippen LogP contribution in [0.2, 0.25) is 0 Å². The Bertz CT molecular complexity index is 772. The Morgan fingerprint density at radius 3 is 2.95 bits per heavy atom. The Balaban J connectivity index is 1.87. The number of hydrogen-bond acceptors (Lipinski definition) is 6. The molecular weight excluding hydrogens is 305 g/mol. The average Bonchev–Trinajstić information content (AvgIpc) is 3.17. The zero-order chi connectivity index (χ0) is 15.5.